The number of rotatable bonds is 0. The highest BCUT2D eigenvalue weighted by Crippen LogP contribution is 1.50. The van der Waals surface area contributed by atoms with Crippen LogP contribution in [0, 0.1) is 0 Å². The van der Waals surface area contributed by atoms with Crippen LogP contribution in [0.1, 0.15) is 13.8 Å². The van der Waals surface area contributed by atoms with Gasteiger partial charge in [-0.1, -0.05) is 0 Å². The second kappa shape index (κ2) is 3.63. The molecule has 29 valence electrons. The zero-order valence-corrected chi connectivity index (χ0v) is 3.36. The fourth-order valence-corrected chi connectivity index (χ4v) is 0. The van der Waals surface area contributed by atoms with Crippen LogP contribution in [-0.2, 0) is 4.79 Å². The number of hydrogen-bond acceptors (Lipinski definition) is 1. The first-order valence-electron chi connectivity index (χ1n) is 1.20. The van der Waals surface area contributed by atoms with Gasteiger partial charge in [-0.2, -0.15) is 0 Å². The number of Topliss-reactive ketones (excluding diaryl/α,β-unsaturated/α-hetero) is 1. The third-order valence-electron chi connectivity index (χ3n) is 0. The molecule has 0 aliphatic heterocycles. The summed E-state index contributed by atoms with van der Waals surface area (Å²) in [5.41, 5.74) is 0. The molecule has 0 atom stereocenters. The molecule has 2 nitrogen and oxygen atoms in total. The molecule has 0 fully saturated rings. The summed E-state index contributed by atoms with van der Waals surface area (Å²) in [7, 11) is 0. The SMILES string of the molecule is CC(C)=O.[N]. The van der Waals surface area contributed by atoms with Crippen LogP contribution in [0.25, 0.3) is 0 Å². The van der Waals surface area contributed by atoms with E-state index in [1.807, 2.05) is 0 Å². The normalized spacial score (nSPS) is 5.20. The largest absolute Gasteiger partial charge is 0.300 e. The molecule has 0 aromatic rings. The van der Waals surface area contributed by atoms with Crippen molar-refractivity contribution in [2.75, 3.05) is 0 Å². The quantitative estimate of drug-likeness (QED) is 0.400. The molecule has 0 rings (SSSR count). The summed E-state index contributed by atoms with van der Waals surface area (Å²) in [6.45, 7) is 3.06. The first-order valence-corrected chi connectivity index (χ1v) is 1.20. The van der Waals surface area contributed by atoms with Gasteiger partial charge >= 0.3 is 0 Å². The van der Waals surface area contributed by atoms with Gasteiger partial charge in [0, 0.05) is 6.15 Å². The van der Waals surface area contributed by atoms with Crippen LogP contribution in [0.4, 0.5) is 0 Å². The molecule has 0 aromatic heterocycles. The maximum atomic E-state index is 9.44. The Morgan fingerprint density at radius 1 is 1.40 bits per heavy atom. The standard InChI is InChI=1S/C3H6O.N/c1-3(2)4;/h1-2H3;. The van der Waals surface area contributed by atoms with Crippen molar-refractivity contribution in [3.05, 3.63) is 0 Å². The van der Waals surface area contributed by atoms with E-state index in [9.17, 15) is 4.79 Å². The topological polar surface area (TPSA) is 47.6 Å². The van der Waals surface area contributed by atoms with Gasteiger partial charge in [0.15, 0.2) is 0 Å². The molecule has 0 saturated carbocycles. The van der Waals surface area contributed by atoms with Crippen molar-refractivity contribution in [1.82, 2.24) is 6.15 Å². The number of carbonyl (C=O) groups excluding carboxylic acids is 1. The molecule has 0 aromatic carbocycles. The Morgan fingerprint density at radius 2 is 1.40 bits per heavy atom. The molecule has 0 spiro atoms. The molecule has 0 aliphatic rings. The van der Waals surface area contributed by atoms with E-state index in [0.717, 1.165) is 0 Å². The molecule has 0 amide bonds. The van der Waals surface area contributed by atoms with Crippen molar-refractivity contribution < 1.29 is 4.79 Å². The van der Waals surface area contributed by atoms with Crippen molar-refractivity contribution in [2.45, 2.75) is 13.8 Å². The Morgan fingerprint density at radius 3 is 1.40 bits per heavy atom. The van der Waals surface area contributed by atoms with Crippen LogP contribution in [0.2, 0.25) is 0 Å². The van der Waals surface area contributed by atoms with Crippen LogP contribution < -0.4 is 6.15 Å². The highest BCUT2D eigenvalue weighted by molar-refractivity contribution is 5.72. The minimum absolute atomic E-state index is 0. The molecule has 0 heterocycles. The molecule has 0 unspecified atom stereocenters. The molecule has 0 N–H and O–H groups in total. The first kappa shape index (κ1) is 8.82. The van der Waals surface area contributed by atoms with E-state index in [4.69, 9.17) is 0 Å². The Kier molecular flexibility index (Phi) is 6.40. The van der Waals surface area contributed by atoms with Crippen molar-refractivity contribution in [1.29, 1.82) is 0 Å². The van der Waals surface area contributed by atoms with Crippen LogP contribution >= 0.6 is 0 Å². The fraction of sp³-hybridized carbons (Fsp3) is 0.667. The summed E-state index contributed by atoms with van der Waals surface area (Å²) in [5.74, 6) is 0.167. The number of hydrogen-bond donors (Lipinski definition) is 0. The summed E-state index contributed by atoms with van der Waals surface area (Å²) < 4.78 is 0. The van der Waals surface area contributed by atoms with Gasteiger partial charge in [0.05, 0.1) is 0 Å². The van der Waals surface area contributed by atoms with Gasteiger partial charge in [-0.25, -0.2) is 0 Å². The molecule has 0 saturated heterocycles. The average Bonchev–Trinajstić information content (AvgIpc) is 0.811. The Labute approximate surface area is 31.8 Å². The molecule has 0 aliphatic carbocycles. The molecule has 5 heavy (non-hydrogen) atoms. The van der Waals surface area contributed by atoms with E-state index < -0.39 is 0 Å². The second-order valence-electron chi connectivity index (χ2n) is 0.908. The van der Waals surface area contributed by atoms with Crippen LogP contribution in [0.15, 0.2) is 0 Å². The third kappa shape index (κ3) is 70.4. The summed E-state index contributed by atoms with van der Waals surface area (Å²) in [6, 6.07) is 0. The Bertz CT molecular complexity index is 29.9. The number of ketones is 1. The van der Waals surface area contributed by atoms with E-state index in [1.165, 1.54) is 13.8 Å². The van der Waals surface area contributed by atoms with E-state index in [1.54, 1.807) is 0 Å². The van der Waals surface area contributed by atoms with Gasteiger partial charge in [0.25, 0.3) is 0 Å². The minimum Gasteiger partial charge on any atom is -0.300 e. The van der Waals surface area contributed by atoms with Gasteiger partial charge in [-0.15, -0.1) is 0 Å². The van der Waals surface area contributed by atoms with Crippen molar-refractivity contribution in [3.63, 3.8) is 0 Å². The average molecular weight is 72.1 g/mol. The molecule has 2 heteroatoms. The van der Waals surface area contributed by atoms with E-state index in [0.29, 0.717) is 0 Å². The van der Waals surface area contributed by atoms with Crippen molar-refractivity contribution in [2.24, 2.45) is 0 Å². The smallest absolute Gasteiger partial charge is 0.126 e. The van der Waals surface area contributed by atoms with Gasteiger partial charge in [-0.05, 0) is 13.8 Å². The van der Waals surface area contributed by atoms with Gasteiger partial charge in [0.1, 0.15) is 5.78 Å². The molecular weight excluding hydrogens is 66.0 g/mol. The Balaban J connectivity index is 0. The van der Waals surface area contributed by atoms with Gasteiger partial charge in [0.2, 0.25) is 0 Å². The summed E-state index contributed by atoms with van der Waals surface area (Å²) in [6.07, 6.45) is 0. The lowest BCUT2D eigenvalue weighted by Gasteiger charge is -1.56. The van der Waals surface area contributed by atoms with Crippen molar-refractivity contribution in [3.8, 4) is 0 Å². The summed E-state index contributed by atoms with van der Waals surface area (Å²) >= 11 is 0. The number of nitrogens with zero attached hydrogens (tertiary/aromatic N) is 1. The van der Waals surface area contributed by atoms with Gasteiger partial charge in [-0.3, -0.25) is 0 Å². The Hall–Kier alpha value is -0.370. The zero-order valence-electron chi connectivity index (χ0n) is 3.36. The minimum atomic E-state index is 0. The lowest BCUT2D eigenvalue weighted by atomic mass is 10.6. The molecular formula is C3H6NO. The van der Waals surface area contributed by atoms with E-state index >= 15 is 0 Å². The van der Waals surface area contributed by atoms with Crippen LogP contribution in [-0.4, -0.2) is 5.78 Å². The third-order valence-corrected chi connectivity index (χ3v) is 0. The lowest BCUT2D eigenvalue weighted by molar-refractivity contribution is -0.114. The lowest BCUT2D eigenvalue weighted by Crippen LogP contribution is -1.69. The zero-order chi connectivity index (χ0) is 3.58. The molecule has 3 radical (unpaired) electrons. The van der Waals surface area contributed by atoms with Crippen LogP contribution in [0.5, 0.6) is 0 Å². The first-order chi connectivity index (χ1) is 1.73. The van der Waals surface area contributed by atoms with E-state index in [2.05, 4.69) is 0 Å². The number of carbonyl (C=O) groups is 1. The molecule has 0 bridgehead atoms. The second-order valence-corrected chi connectivity index (χ2v) is 0.908. The van der Waals surface area contributed by atoms with E-state index in [-0.39, 0.29) is 11.9 Å². The summed E-state index contributed by atoms with van der Waals surface area (Å²) in [4.78, 5) is 9.44. The highest BCUT2D eigenvalue weighted by atomic mass is 16.1. The maximum absolute atomic E-state index is 9.44. The predicted octanol–water partition coefficient (Wildman–Crippen LogP) is 0.115. The fourth-order valence-electron chi connectivity index (χ4n) is 0. The predicted molar refractivity (Wildman–Crippen MR) is 18.5 cm³/mol. The van der Waals surface area contributed by atoms with Gasteiger partial charge < -0.3 is 4.79 Å². The summed E-state index contributed by atoms with van der Waals surface area (Å²) in [5, 5.41) is 0. The monoisotopic (exact) mass is 72.0 g/mol. The maximum Gasteiger partial charge on any atom is 0.126 e. The van der Waals surface area contributed by atoms with Crippen molar-refractivity contribution >= 4 is 5.78 Å². The van der Waals surface area contributed by atoms with Crippen LogP contribution in [0.3, 0.4) is 0 Å². The highest BCUT2D eigenvalue weighted by Gasteiger charge is 1.62.